The molecule has 1 aliphatic heterocycles. The molecular weight excluding hydrogens is 224 g/mol. The van der Waals surface area contributed by atoms with Crippen molar-refractivity contribution >= 4 is 10.8 Å². The molecule has 0 aromatic rings. The Kier molecular flexibility index (Phi) is 3.31. The van der Waals surface area contributed by atoms with Gasteiger partial charge in [-0.3, -0.25) is 0 Å². The van der Waals surface area contributed by atoms with Crippen LogP contribution in [0.15, 0.2) is 10.7 Å². The van der Waals surface area contributed by atoms with Crippen LogP contribution < -0.4 is 0 Å². The molecular formula is C7H8F4O2S. The van der Waals surface area contributed by atoms with Gasteiger partial charge in [0.25, 0.3) is 0 Å². The summed E-state index contributed by atoms with van der Waals surface area (Å²) in [6.07, 6.45) is -5.43. The zero-order chi connectivity index (χ0) is 10.9. The molecule has 0 N–H and O–H groups in total. The lowest BCUT2D eigenvalue weighted by atomic mass is 10.2. The average molecular weight is 232 g/mol. The Labute approximate surface area is 80.4 Å². The summed E-state index contributed by atoms with van der Waals surface area (Å²) in [5.41, 5.74) is -2.56. The lowest BCUT2D eigenvalue weighted by Gasteiger charge is -2.09. The van der Waals surface area contributed by atoms with Gasteiger partial charge in [-0.05, 0) is 6.92 Å². The van der Waals surface area contributed by atoms with Gasteiger partial charge in [-0.2, -0.15) is 17.6 Å². The summed E-state index contributed by atoms with van der Waals surface area (Å²) in [6.45, 7) is 1.65. The molecule has 14 heavy (non-hydrogen) atoms. The molecule has 1 heterocycles. The highest BCUT2D eigenvalue weighted by Gasteiger charge is 2.46. The van der Waals surface area contributed by atoms with Crippen LogP contribution in [-0.4, -0.2) is 22.4 Å². The highest BCUT2D eigenvalue weighted by molar-refractivity contribution is 7.89. The monoisotopic (exact) mass is 232 g/mol. The van der Waals surface area contributed by atoms with Crippen molar-refractivity contribution in [3.8, 4) is 0 Å². The summed E-state index contributed by atoms with van der Waals surface area (Å²) < 4.78 is 64.9. The second-order valence-electron chi connectivity index (χ2n) is 2.64. The van der Waals surface area contributed by atoms with Crippen molar-refractivity contribution in [1.82, 2.24) is 0 Å². The second kappa shape index (κ2) is 3.98. The smallest absolute Gasteiger partial charge is 0.364 e. The highest BCUT2D eigenvalue weighted by atomic mass is 32.2. The normalized spacial score (nSPS) is 28.6. The maximum Gasteiger partial charge on any atom is 0.416 e. The van der Waals surface area contributed by atoms with Gasteiger partial charge in [0.05, 0.1) is 5.57 Å². The summed E-state index contributed by atoms with van der Waals surface area (Å²) in [5.74, 6) is 0. The van der Waals surface area contributed by atoms with E-state index in [1.54, 1.807) is 6.92 Å². The van der Waals surface area contributed by atoms with Gasteiger partial charge in [-0.1, -0.05) is 0 Å². The number of rotatable bonds is 2. The van der Waals surface area contributed by atoms with Crippen LogP contribution in [0.2, 0.25) is 0 Å². The molecule has 0 bridgehead atoms. The molecule has 0 saturated heterocycles. The topological polar surface area (TPSA) is 26.3 Å². The molecule has 0 radical (unpaired) electrons. The fourth-order valence-electron chi connectivity index (χ4n) is 1.09. The van der Waals surface area contributed by atoms with Crippen LogP contribution in [0, 0.1) is 0 Å². The van der Waals surface area contributed by atoms with Crippen LogP contribution in [0.3, 0.4) is 0 Å². The molecule has 2 unspecified atom stereocenters. The first kappa shape index (κ1) is 11.6. The van der Waals surface area contributed by atoms with E-state index in [2.05, 4.69) is 0 Å². The highest BCUT2D eigenvalue weighted by Crippen LogP contribution is 2.40. The summed E-state index contributed by atoms with van der Waals surface area (Å²) in [5, 5.41) is -1.60. The maximum atomic E-state index is 12.8. The second-order valence-corrected chi connectivity index (χ2v) is 4.12. The van der Waals surface area contributed by atoms with Crippen LogP contribution in [0.1, 0.15) is 13.3 Å². The zero-order valence-electron chi connectivity index (χ0n) is 7.23. The van der Waals surface area contributed by atoms with Crippen molar-refractivity contribution in [3.05, 3.63) is 10.7 Å². The van der Waals surface area contributed by atoms with E-state index in [9.17, 15) is 21.8 Å². The van der Waals surface area contributed by atoms with E-state index in [1.807, 2.05) is 0 Å². The molecule has 1 aliphatic rings. The third kappa shape index (κ3) is 2.14. The SMILES string of the molecule is CCOC1CC(C(F)(F)F)=C(F)S1=O. The minimum atomic E-state index is -4.76. The Balaban J connectivity index is 2.86. The van der Waals surface area contributed by atoms with Crippen molar-refractivity contribution in [2.24, 2.45) is 0 Å². The van der Waals surface area contributed by atoms with Gasteiger partial charge in [0, 0.05) is 13.0 Å². The van der Waals surface area contributed by atoms with Crippen molar-refractivity contribution < 1.29 is 26.5 Å². The Morgan fingerprint density at radius 3 is 2.50 bits per heavy atom. The molecule has 0 saturated carbocycles. The predicted octanol–water partition coefficient (Wildman–Crippen LogP) is 2.24. The van der Waals surface area contributed by atoms with Gasteiger partial charge in [0.2, 0.25) is 0 Å². The fraction of sp³-hybridized carbons (Fsp3) is 0.714. The van der Waals surface area contributed by atoms with E-state index >= 15 is 0 Å². The molecule has 7 heteroatoms. The minimum Gasteiger partial charge on any atom is -0.364 e. The Hall–Kier alpha value is -0.430. The van der Waals surface area contributed by atoms with Crippen molar-refractivity contribution in [3.63, 3.8) is 0 Å². The largest absolute Gasteiger partial charge is 0.416 e. The molecule has 0 spiro atoms. The lowest BCUT2D eigenvalue weighted by Crippen LogP contribution is -2.16. The van der Waals surface area contributed by atoms with Gasteiger partial charge >= 0.3 is 6.18 Å². The molecule has 0 amide bonds. The van der Waals surface area contributed by atoms with Gasteiger partial charge in [0.1, 0.15) is 16.2 Å². The van der Waals surface area contributed by atoms with E-state index in [1.165, 1.54) is 0 Å². The van der Waals surface area contributed by atoms with Crippen LogP contribution in [0.25, 0.3) is 0 Å². The first-order valence-electron chi connectivity index (χ1n) is 3.86. The van der Waals surface area contributed by atoms with E-state index in [-0.39, 0.29) is 6.61 Å². The molecule has 2 atom stereocenters. The van der Waals surface area contributed by atoms with Gasteiger partial charge in [-0.25, -0.2) is 4.21 Å². The van der Waals surface area contributed by atoms with Gasteiger partial charge in [-0.15, -0.1) is 0 Å². The summed E-state index contributed by atoms with van der Waals surface area (Å²) >= 11 is 0. The minimum absolute atomic E-state index is 0.106. The molecule has 82 valence electrons. The van der Waals surface area contributed by atoms with Gasteiger partial charge in [0.15, 0.2) is 5.16 Å². The Bertz CT molecular complexity index is 284. The van der Waals surface area contributed by atoms with E-state index in [4.69, 9.17) is 4.74 Å². The van der Waals surface area contributed by atoms with Gasteiger partial charge < -0.3 is 4.74 Å². The van der Waals surface area contributed by atoms with E-state index in [0.717, 1.165) is 0 Å². The van der Waals surface area contributed by atoms with Crippen LogP contribution >= 0.6 is 0 Å². The number of hydrogen-bond acceptors (Lipinski definition) is 2. The first-order valence-corrected chi connectivity index (χ1v) is 5.07. The van der Waals surface area contributed by atoms with Crippen molar-refractivity contribution in [2.45, 2.75) is 25.0 Å². The summed E-state index contributed by atoms with van der Waals surface area (Å²) in [7, 11) is -2.31. The third-order valence-corrected chi connectivity index (χ3v) is 3.10. The van der Waals surface area contributed by atoms with Crippen LogP contribution in [-0.2, 0) is 15.5 Å². The van der Waals surface area contributed by atoms with Crippen LogP contribution in [0.4, 0.5) is 17.6 Å². The maximum absolute atomic E-state index is 12.8. The first-order chi connectivity index (χ1) is 6.38. The quantitative estimate of drug-likeness (QED) is 0.682. The zero-order valence-corrected chi connectivity index (χ0v) is 8.04. The molecule has 1 rings (SSSR count). The van der Waals surface area contributed by atoms with E-state index < -0.39 is 39.6 Å². The summed E-state index contributed by atoms with van der Waals surface area (Å²) in [4.78, 5) is 0. The number of ether oxygens (including phenoxy) is 1. The van der Waals surface area contributed by atoms with E-state index in [0.29, 0.717) is 0 Å². The number of halogens is 4. The molecule has 0 aromatic carbocycles. The number of hydrogen-bond donors (Lipinski definition) is 0. The fourth-order valence-corrected chi connectivity index (χ4v) is 2.34. The average Bonchev–Trinajstić information content (AvgIpc) is 2.32. The van der Waals surface area contributed by atoms with Crippen molar-refractivity contribution in [1.29, 1.82) is 0 Å². The third-order valence-electron chi connectivity index (χ3n) is 1.72. The van der Waals surface area contributed by atoms with Crippen molar-refractivity contribution in [2.75, 3.05) is 6.61 Å². The summed E-state index contributed by atoms with van der Waals surface area (Å²) in [6, 6.07) is 0. The lowest BCUT2D eigenvalue weighted by molar-refractivity contribution is -0.0967. The standard InChI is InChI=1S/C7H8F4O2S/c1-2-13-5-3-4(7(9,10)11)6(8)14(5)12/h5H,2-3H2,1H3. The van der Waals surface area contributed by atoms with Crippen LogP contribution in [0.5, 0.6) is 0 Å². The molecule has 2 nitrogen and oxygen atoms in total. The molecule has 0 fully saturated rings. The number of alkyl halides is 3. The Morgan fingerprint density at radius 2 is 2.14 bits per heavy atom. The molecule has 0 aliphatic carbocycles. The molecule has 0 aromatic heterocycles. The Morgan fingerprint density at radius 1 is 1.57 bits per heavy atom. The predicted molar refractivity (Wildman–Crippen MR) is 42.4 cm³/mol.